The molecule has 0 aliphatic carbocycles. The number of aromatic nitrogens is 2. The van der Waals surface area contributed by atoms with Gasteiger partial charge in [-0.25, -0.2) is 4.98 Å². The molecule has 23 heavy (non-hydrogen) atoms. The van der Waals surface area contributed by atoms with Gasteiger partial charge in [-0.1, -0.05) is 12.1 Å². The van der Waals surface area contributed by atoms with Gasteiger partial charge in [0.2, 0.25) is 0 Å². The summed E-state index contributed by atoms with van der Waals surface area (Å²) in [6, 6.07) is 12.1. The highest BCUT2D eigenvalue weighted by molar-refractivity contribution is 9.10. The zero-order valence-corrected chi connectivity index (χ0v) is 14.6. The first-order valence-electron chi connectivity index (χ1n) is 7.42. The molecule has 0 aliphatic heterocycles. The zero-order valence-electron chi connectivity index (χ0n) is 13.0. The first-order valence-corrected chi connectivity index (χ1v) is 8.21. The lowest BCUT2D eigenvalue weighted by Crippen LogP contribution is -1.97. The van der Waals surface area contributed by atoms with E-state index in [2.05, 4.69) is 22.0 Å². The van der Waals surface area contributed by atoms with Crippen molar-refractivity contribution in [1.29, 1.82) is 5.26 Å². The Bertz CT molecular complexity index is 909. The van der Waals surface area contributed by atoms with Crippen molar-refractivity contribution in [3.05, 3.63) is 52.3 Å². The Kier molecular flexibility index (Phi) is 4.35. The van der Waals surface area contributed by atoms with Gasteiger partial charge in [-0.3, -0.25) is 0 Å². The van der Waals surface area contributed by atoms with Crippen LogP contribution in [0.3, 0.4) is 0 Å². The Hall–Kier alpha value is -2.32. The van der Waals surface area contributed by atoms with E-state index in [1.54, 1.807) is 0 Å². The molecular weight excluding hydrogens is 354 g/mol. The number of pyridine rings is 1. The molecule has 5 heteroatoms. The number of nitrogens with zero attached hydrogens (tertiary/aromatic N) is 3. The Balaban J connectivity index is 2.32. The van der Waals surface area contributed by atoms with Crippen LogP contribution in [0.15, 0.2) is 41.0 Å². The molecule has 0 saturated carbocycles. The smallest absolute Gasteiger partial charge is 0.152 e. The van der Waals surface area contributed by atoms with Crippen molar-refractivity contribution in [3.8, 4) is 23.1 Å². The number of fused-ring (bicyclic) bond motifs is 1. The number of para-hydroxylation sites is 1. The standard InChI is InChI=1S/C18H16BrN3O/c1-3-23-16-7-5-4-6-13(16)17-15(8-9-20)22-11-12(2)10-14(19)18(22)21-17/h4-7,10-11H,3,8H2,1-2H3. The van der Waals surface area contributed by atoms with Crippen molar-refractivity contribution in [2.24, 2.45) is 0 Å². The van der Waals surface area contributed by atoms with Crippen molar-refractivity contribution in [3.63, 3.8) is 0 Å². The maximum absolute atomic E-state index is 9.25. The average molecular weight is 370 g/mol. The van der Waals surface area contributed by atoms with Gasteiger partial charge in [-0.2, -0.15) is 5.26 Å². The molecule has 0 fully saturated rings. The van der Waals surface area contributed by atoms with E-state index in [4.69, 9.17) is 9.72 Å². The molecule has 1 aromatic carbocycles. The number of ether oxygens (including phenoxy) is 1. The lowest BCUT2D eigenvalue weighted by Gasteiger charge is -2.09. The normalized spacial score (nSPS) is 10.7. The van der Waals surface area contributed by atoms with Gasteiger partial charge in [0.15, 0.2) is 5.65 Å². The molecular formula is C18H16BrN3O. The molecule has 3 rings (SSSR count). The average Bonchev–Trinajstić information content (AvgIpc) is 2.88. The van der Waals surface area contributed by atoms with Crippen molar-refractivity contribution >= 4 is 21.6 Å². The second-order valence-electron chi connectivity index (χ2n) is 5.23. The molecule has 2 heterocycles. The van der Waals surface area contributed by atoms with Crippen LogP contribution in [0.2, 0.25) is 0 Å². The molecule has 0 saturated heterocycles. The molecule has 116 valence electrons. The molecule has 0 aliphatic rings. The number of imidazole rings is 1. The van der Waals surface area contributed by atoms with E-state index < -0.39 is 0 Å². The van der Waals surface area contributed by atoms with Crippen molar-refractivity contribution < 1.29 is 4.74 Å². The minimum absolute atomic E-state index is 0.285. The van der Waals surface area contributed by atoms with E-state index in [9.17, 15) is 5.26 Å². The van der Waals surface area contributed by atoms with Gasteiger partial charge >= 0.3 is 0 Å². The summed E-state index contributed by atoms with van der Waals surface area (Å²) in [5.74, 6) is 0.783. The van der Waals surface area contributed by atoms with Crippen LogP contribution in [0.5, 0.6) is 5.75 Å². The first-order chi connectivity index (χ1) is 11.2. The fourth-order valence-electron chi connectivity index (χ4n) is 2.68. The summed E-state index contributed by atoms with van der Waals surface area (Å²) in [4.78, 5) is 4.77. The summed E-state index contributed by atoms with van der Waals surface area (Å²) in [6.45, 7) is 4.56. The molecule has 0 N–H and O–H groups in total. The Morgan fingerprint density at radius 3 is 2.87 bits per heavy atom. The molecule has 3 aromatic rings. The molecule has 0 bridgehead atoms. The summed E-state index contributed by atoms with van der Waals surface area (Å²) < 4.78 is 8.63. The maximum Gasteiger partial charge on any atom is 0.152 e. The van der Waals surface area contributed by atoms with Crippen LogP contribution in [-0.2, 0) is 6.42 Å². The SMILES string of the molecule is CCOc1ccccc1-c1nc2c(Br)cc(C)cn2c1CC#N. The Morgan fingerprint density at radius 1 is 1.35 bits per heavy atom. The largest absolute Gasteiger partial charge is 0.493 e. The maximum atomic E-state index is 9.25. The summed E-state index contributed by atoms with van der Waals surface area (Å²) in [6.07, 6.45) is 2.29. The van der Waals surface area contributed by atoms with Crippen LogP contribution in [-0.4, -0.2) is 16.0 Å². The van der Waals surface area contributed by atoms with Crippen LogP contribution in [0.1, 0.15) is 18.2 Å². The van der Waals surface area contributed by atoms with Gasteiger partial charge in [-0.15, -0.1) is 0 Å². The van der Waals surface area contributed by atoms with Gasteiger partial charge < -0.3 is 9.14 Å². The van der Waals surface area contributed by atoms with Gasteiger partial charge in [0, 0.05) is 11.8 Å². The number of rotatable bonds is 4. The lowest BCUT2D eigenvalue weighted by molar-refractivity contribution is 0.341. The van der Waals surface area contributed by atoms with E-state index in [-0.39, 0.29) is 6.42 Å². The minimum Gasteiger partial charge on any atom is -0.493 e. The highest BCUT2D eigenvalue weighted by Crippen LogP contribution is 2.34. The third-order valence-corrected chi connectivity index (χ3v) is 4.18. The summed E-state index contributed by atoms with van der Waals surface area (Å²) in [7, 11) is 0. The van der Waals surface area contributed by atoms with Gasteiger partial charge in [-0.05, 0) is 53.5 Å². The first kappa shape index (κ1) is 15.6. The predicted molar refractivity (Wildman–Crippen MR) is 93.6 cm³/mol. The topological polar surface area (TPSA) is 50.3 Å². The number of hydrogen-bond donors (Lipinski definition) is 0. The number of hydrogen-bond acceptors (Lipinski definition) is 3. The van der Waals surface area contributed by atoms with Gasteiger partial charge in [0.25, 0.3) is 0 Å². The lowest BCUT2D eigenvalue weighted by atomic mass is 10.1. The molecule has 0 amide bonds. The van der Waals surface area contributed by atoms with Crippen LogP contribution in [0.25, 0.3) is 16.9 Å². The van der Waals surface area contributed by atoms with Crippen molar-refractivity contribution in [2.75, 3.05) is 6.61 Å². The van der Waals surface area contributed by atoms with E-state index in [0.29, 0.717) is 6.61 Å². The van der Waals surface area contributed by atoms with Crippen LogP contribution >= 0.6 is 15.9 Å². The third kappa shape index (κ3) is 2.82. The summed E-state index contributed by atoms with van der Waals surface area (Å²) >= 11 is 3.57. The summed E-state index contributed by atoms with van der Waals surface area (Å²) in [5, 5.41) is 9.25. The van der Waals surface area contributed by atoms with Gasteiger partial charge in [0.05, 0.1) is 35.0 Å². The third-order valence-electron chi connectivity index (χ3n) is 3.60. The van der Waals surface area contributed by atoms with Crippen molar-refractivity contribution in [2.45, 2.75) is 20.3 Å². The fraction of sp³-hybridized carbons (Fsp3) is 0.222. The number of halogens is 1. The van der Waals surface area contributed by atoms with E-state index in [0.717, 1.165) is 38.4 Å². The number of nitriles is 1. The Morgan fingerprint density at radius 2 is 2.13 bits per heavy atom. The van der Waals surface area contributed by atoms with Gasteiger partial charge in [0.1, 0.15) is 5.75 Å². The fourth-order valence-corrected chi connectivity index (χ4v) is 3.32. The monoisotopic (exact) mass is 369 g/mol. The van der Waals surface area contributed by atoms with E-state index >= 15 is 0 Å². The zero-order chi connectivity index (χ0) is 16.4. The molecule has 2 aromatic heterocycles. The predicted octanol–water partition coefficient (Wildman–Crippen LogP) is 4.54. The second-order valence-corrected chi connectivity index (χ2v) is 6.08. The van der Waals surface area contributed by atoms with E-state index in [1.807, 2.05) is 54.8 Å². The second kappa shape index (κ2) is 6.43. The number of aryl methyl sites for hydroxylation is 1. The molecule has 0 unspecified atom stereocenters. The van der Waals surface area contributed by atoms with Crippen molar-refractivity contribution in [1.82, 2.24) is 9.38 Å². The van der Waals surface area contributed by atoms with E-state index in [1.165, 1.54) is 0 Å². The summed E-state index contributed by atoms with van der Waals surface area (Å²) in [5.41, 5.74) is 4.49. The number of benzene rings is 1. The van der Waals surface area contributed by atoms with Crippen LogP contribution in [0, 0.1) is 18.3 Å². The van der Waals surface area contributed by atoms with Crippen LogP contribution in [0.4, 0.5) is 0 Å². The highest BCUT2D eigenvalue weighted by atomic mass is 79.9. The molecule has 0 spiro atoms. The Labute approximate surface area is 143 Å². The minimum atomic E-state index is 0.285. The van der Waals surface area contributed by atoms with Crippen LogP contribution < -0.4 is 4.74 Å². The molecule has 4 nitrogen and oxygen atoms in total. The molecule has 0 atom stereocenters. The quantitative estimate of drug-likeness (QED) is 0.678. The molecule has 0 radical (unpaired) electrons. The highest BCUT2D eigenvalue weighted by Gasteiger charge is 2.18.